The normalized spacial score (nSPS) is 12.1. The molecule has 196 valence electrons. The highest BCUT2D eigenvalue weighted by atomic mass is 16.6. The summed E-state index contributed by atoms with van der Waals surface area (Å²) in [5.41, 5.74) is 2.53. The summed E-state index contributed by atoms with van der Waals surface area (Å²) in [5.74, 6) is -0.461. The molecule has 4 rings (SSSR count). The van der Waals surface area contributed by atoms with Gasteiger partial charge < -0.3 is 19.2 Å². The second-order valence-electron chi connectivity index (χ2n) is 10.2. The summed E-state index contributed by atoms with van der Waals surface area (Å²) in [7, 11) is 0. The monoisotopic (exact) mass is 513 g/mol. The first-order valence-electron chi connectivity index (χ1n) is 12.4. The maximum Gasteiger partial charge on any atom is 0.408 e. The van der Waals surface area contributed by atoms with Crippen molar-refractivity contribution >= 4 is 23.0 Å². The lowest BCUT2D eigenvalue weighted by Crippen LogP contribution is -2.39. The van der Waals surface area contributed by atoms with Gasteiger partial charge in [-0.3, -0.25) is 0 Å². The fourth-order valence-corrected chi connectivity index (χ4v) is 4.24. The minimum absolute atomic E-state index is 0.243. The van der Waals surface area contributed by atoms with Crippen LogP contribution in [0.15, 0.2) is 82.0 Å². The summed E-state index contributed by atoms with van der Waals surface area (Å²) < 4.78 is 17.0. The van der Waals surface area contributed by atoms with Crippen molar-refractivity contribution in [2.45, 2.75) is 52.7 Å². The van der Waals surface area contributed by atoms with Gasteiger partial charge in [0.2, 0.25) is 0 Å². The Balaban J connectivity index is 1.74. The van der Waals surface area contributed by atoms with Gasteiger partial charge in [-0.2, -0.15) is 0 Å². The number of ether oxygens (including phenoxy) is 2. The van der Waals surface area contributed by atoms with Crippen LogP contribution < -0.4 is 15.7 Å². The lowest BCUT2D eigenvalue weighted by atomic mass is 9.98. The van der Waals surface area contributed by atoms with Crippen LogP contribution in [0.2, 0.25) is 0 Å². The number of esters is 1. The largest absolute Gasteiger partial charge is 0.444 e. The molecule has 0 saturated heterocycles. The zero-order valence-electron chi connectivity index (χ0n) is 22.2. The summed E-state index contributed by atoms with van der Waals surface area (Å²) >= 11 is 0. The standard InChI is InChI=1S/C31H31NO6/c1-19-16-24-26(20(2)23(28(33)36-24)18-21-12-8-6-9-13-21)25(17-19)37-29(34)27(22-14-10-7-11-15-22)32-30(35)38-31(3,4)5/h6-17,27H,18H2,1-5H3,(H,32,35)/t27-/m0/s1. The minimum atomic E-state index is -1.12. The number of aryl methyl sites for hydroxylation is 2. The molecule has 0 radical (unpaired) electrons. The first-order valence-corrected chi connectivity index (χ1v) is 12.4. The van der Waals surface area contributed by atoms with Gasteiger partial charge in [0.25, 0.3) is 0 Å². The average molecular weight is 514 g/mol. The van der Waals surface area contributed by atoms with Crippen molar-refractivity contribution in [3.05, 3.63) is 111 Å². The minimum Gasteiger partial charge on any atom is -0.444 e. The highest BCUT2D eigenvalue weighted by molar-refractivity contribution is 5.92. The van der Waals surface area contributed by atoms with Gasteiger partial charge in [-0.25, -0.2) is 14.4 Å². The van der Waals surface area contributed by atoms with Crippen LogP contribution >= 0.6 is 0 Å². The van der Waals surface area contributed by atoms with E-state index in [9.17, 15) is 14.4 Å². The zero-order chi connectivity index (χ0) is 27.4. The molecule has 0 saturated carbocycles. The van der Waals surface area contributed by atoms with Crippen LogP contribution in [0.4, 0.5) is 4.79 Å². The van der Waals surface area contributed by atoms with E-state index >= 15 is 0 Å². The molecule has 1 amide bonds. The number of carbonyl (C=O) groups is 2. The Bertz CT molecular complexity index is 1520. The maximum atomic E-state index is 13.5. The van der Waals surface area contributed by atoms with Gasteiger partial charge in [0.1, 0.15) is 16.9 Å². The summed E-state index contributed by atoms with van der Waals surface area (Å²) in [6.45, 7) is 8.86. The Kier molecular flexibility index (Phi) is 7.67. The van der Waals surface area contributed by atoms with Crippen LogP contribution in [0.3, 0.4) is 0 Å². The molecule has 0 spiro atoms. The molecule has 1 heterocycles. The summed E-state index contributed by atoms with van der Waals surface area (Å²) in [4.78, 5) is 39.0. The van der Waals surface area contributed by atoms with E-state index in [-0.39, 0.29) is 5.75 Å². The molecule has 0 fully saturated rings. The highest BCUT2D eigenvalue weighted by Gasteiger charge is 2.28. The van der Waals surface area contributed by atoms with Gasteiger partial charge in [-0.1, -0.05) is 60.7 Å². The molecular formula is C31H31NO6. The van der Waals surface area contributed by atoms with Crippen LogP contribution in [0, 0.1) is 13.8 Å². The molecule has 1 aromatic heterocycles. The molecule has 0 aliphatic carbocycles. The molecule has 38 heavy (non-hydrogen) atoms. The fraction of sp³-hybridized carbons (Fsp3) is 0.258. The van der Waals surface area contributed by atoms with Gasteiger partial charge in [0.15, 0.2) is 6.04 Å². The molecule has 0 bridgehead atoms. The zero-order valence-corrected chi connectivity index (χ0v) is 22.2. The number of amides is 1. The number of benzene rings is 3. The number of carbonyl (C=O) groups excluding carboxylic acids is 2. The van der Waals surface area contributed by atoms with E-state index in [1.165, 1.54) is 0 Å². The first kappa shape index (κ1) is 26.7. The predicted molar refractivity (Wildman–Crippen MR) is 145 cm³/mol. The second kappa shape index (κ2) is 10.9. The fourth-order valence-electron chi connectivity index (χ4n) is 4.24. The van der Waals surface area contributed by atoms with E-state index in [1.807, 2.05) is 50.2 Å². The highest BCUT2D eigenvalue weighted by Crippen LogP contribution is 2.33. The van der Waals surface area contributed by atoms with E-state index < -0.39 is 29.3 Å². The Labute approximate surface area is 221 Å². The quantitative estimate of drug-likeness (QED) is 0.188. The molecule has 1 atom stereocenters. The van der Waals surface area contributed by atoms with Gasteiger partial charge in [-0.15, -0.1) is 0 Å². The van der Waals surface area contributed by atoms with Crippen LogP contribution in [0.5, 0.6) is 5.75 Å². The van der Waals surface area contributed by atoms with Crippen molar-refractivity contribution < 1.29 is 23.5 Å². The Hall–Kier alpha value is -4.39. The first-order chi connectivity index (χ1) is 18.0. The van der Waals surface area contributed by atoms with Crippen molar-refractivity contribution in [3.63, 3.8) is 0 Å². The number of fused-ring (bicyclic) bond motifs is 1. The molecule has 0 unspecified atom stereocenters. The lowest BCUT2D eigenvalue weighted by molar-refractivity contribution is -0.136. The summed E-state index contributed by atoms with van der Waals surface area (Å²) in [6.07, 6.45) is -0.372. The third-order valence-electron chi connectivity index (χ3n) is 5.95. The van der Waals surface area contributed by atoms with Gasteiger partial charge >= 0.3 is 17.7 Å². The van der Waals surface area contributed by atoms with Crippen molar-refractivity contribution in [2.24, 2.45) is 0 Å². The van der Waals surface area contributed by atoms with Crippen LogP contribution in [0.25, 0.3) is 11.0 Å². The van der Waals surface area contributed by atoms with Crippen molar-refractivity contribution in [1.82, 2.24) is 5.32 Å². The molecule has 0 aliphatic rings. The Morgan fingerprint density at radius 2 is 1.58 bits per heavy atom. The number of alkyl carbamates (subject to hydrolysis) is 1. The Morgan fingerprint density at radius 3 is 2.21 bits per heavy atom. The van der Waals surface area contributed by atoms with Crippen LogP contribution in [0.1, 0.15) is 54.6 Å². The Morgan fingerprint density at radius 1 is 0.947 bits per heavy atom. The second-order valence-corrected chi connectivity index (χ2v) is 10.2. The molecule has 4 aromatic rings. The van der Waals surface area contributed by atoms with Gasteiger partial charge in [-0.05, 0) is 69.0 Å². The third-order valence-corrected chi connectivity index (χ3v) is 5.95. The molecular weight excluding hydrogens is 482 g/mol. The average Bonchev–Trinajstić information content (AvgIpc) is 2.84. The summed E-state index contributed by atoms with van der Waals surface area (Å²) in [6, 6.07) is 20.7. The number of rotatable bonds is 6. The van der Waals surface area contributed by atoms with E-state index in [0.29, 0.717) is 34.1 Å². The van der Waals surface area contributed by atoms with Crippen molar-refractivity contribution in [3.8, 4) is 5.75 Å². The number of hydrogen-bond acceptors (Lipinski definition) is 6. The van der Waals surface area contributed by atoms with E-state index in [2.05, 4.69) is 5.32 Å². The van der Waals surface area contributed by atoms with Crippen LogP contribution in [-0.4, -0.2) is 17.7 Å². The number of nitrogens with one attached hydrogen (secondary N) is 1. The SMILES string of the molecule is Cc1cc(OC(=O)[C@@H](NC(=O)OC(C)(C)C)c2ccccc2)c2c(C)c(Cc3ccccc3)c(=O)oc2c1. The molecule has 0 aliphatic heterocycles. The van der Waals surface area contributed by atoms with Crippen molar-refractivity contribution in [2.75, 3.05) is 0 Å². The molecule has 7 nitrogen and oxygen atoms in total. The van der Waals surface area contributed by atoms with Gasteiger partial charge in [0, 0.05) is 12.0 Å². The number of hydrogen-bond donors (Lipinski definition) is 1. The predicted octanol–water partition coefficient (Wildman–Crippen LogP) is 6.17. The maximum absolute atomic E-state index is 13.5. The molecule has 3 aromatic carbocycles. The van der Waals surface area contributed by atoms with E-state index in [0.717, 1.165) is 11.1 Å². The lowest BCUT2D eigenvalue weighted by Gasteiger charge is -2.23. The topological polar surface area (TPSA) is 94.8 Å². The summed E-state index contributed by atoms with van der Waals surface area (Å²) in [5, 5.41) is 3.16. The third kappa shape index (κ3) is 6.29. The van der Waals surface area contributed by atoms with Crippen LogP contribution in [-0.2, 0) is 16.0 Å². The smallest absolute Gasteiger partial charge is 0.408 e. The molecule has 1 N–H and O–H groups in total. The van der Waals surface area contributed by atoms with Gasteiger partial charge in [0.05, 0.1) is 5.39 Å². The van der Waals surface area contributed by atoms with E-state index in [1.54, 1.807) is 57.2 Å². The van der Waals surface area contributed by atoms with Crippen molar-refractivity contribution in [1.29, 1.82) is 0 Å². The molecule has 7 heteroatoms. The van der Waals surface area contributed by atoms with E-state index in [4.69, 9.17) is 13.9 Å².